The van der Waals surface area contributed by atoms with E-state index >= 15 is 0 Å². The number of benzene rings is 1. The largest absolute Gasteiger partial charge is 0.298 e. The van der Waals surface area contributed by atoms with E-state index in [9.17, 15) is 4.79 Å². The molecule has 1 aromatic carbocycles. The molecule has 0 radical (unpaired) electrons. The van der Waals surface area contributed by atoms with Gasteiger partial charge in [0.25, 0.3) is 0 Å². The van der Waals surface area contributed by atoms with Crippen molar-refractivity contribution in [2.75, 3.05) is 0 Å². The van der Waals surface area contributed by atoms with Crippen LogP contribution in [-0.2, 0) is 4.79 Å². The Morgan fingerprint density at radius 3 is 2.50 bits per heavy atom. The molecule has 0 saturated heterocycles. The van der Waals surface area contributed by atoms with E-state index in [2.05, 4.69) is 37.3 Å². The van der Waals surface area contributed by atoms with E-state index in [-0.39, 0.29) is 11.3 Å². The zero-order valence-corrected chi connectivity index (χ0v) is 9.73. The number of rotatable bonds is 3. The Bertz CT molecular complexity index is 471. The second-order valence-electron chi connectivity index (χ2n) is 5.34. The molecule has 16 heavy (non-hydrogen) atoms. The summed E-state index contributed by atoms with van der Waals surface area (Å²) in [6, 6.07) is 10.4. The van der Waals surface area contributed by atoms with Gasteiger partial charge in [-0.25, -0.2) is 0 Å². The van der Waals surface area contributed by atoms with Gasteiger partial charge < -0.3 is 0 Å². The van der Waals surface area contributed by atoms with Crippen molar-refractivity contribution in [1.82, 2.24) is 0 Å². The number of carbonyl (C=O) groups is 1. The van der Waals surface area contributed by atoms with Gasteiger partial charge in [0.1, 0.15) is 5.78 Å². The molecule has 0 heterocycles. The molecule has 1 saturated carbocycles. The van der Waals surface area contributed by atoms with Crippen LogP contribution in [0.2, 0.25) is 0 Å². The highest BCUT2D eigenvalue weighted by Gasteiger charge is 2.58. The molecule has 0 N–H and O–H groups in total. The minimum absolute atomic E-state index is 0.0969. The molecule has 3 unspecified atom stereocenters. The molecule has 1 fully saturated rings. The summed E-state index contributed by atoms with van der Waals surface area (Å²) in [4.78, 5) is 12.2. The Hall–Kier alpha value is -1.37. The van der Waals surface area contributed by atoms with Crippen molar-refractivity contribution in [3.8, 4) is 0 Å². The molecule has 1 aromatic rings. The van der Waals surface area contributed by atoms with Gasteiger partial charge in [-0.15, -0.1) is 0 Å². The smallest absolute Gasteiger partial charge is 0.150 e. The number of hydrogen-bond acceptors (Lipinski definition) is 1. The zero-order chi connectivity index (χ0) is 11.3. The number of Topliss-reactive ketones (excluding diaryl/α,β-unsaturated/α-hetero) is 1. The van der Waals surface area contributed by atoms with Crippen molar-refractivity contribution in [1.29, 1.82) is 0 Å². The highest BCUT2D eigenvalue weighted by Crippen LogP contribution is 2.62. The number of hydrogen-bond donors (Lipinski definition) is 0. The SMILES string of the molecule is CC1=CC1C(=O)C1(C)CC1c1ccccc1. The predicted molar refractivity (Wildman–Crippen MR) is 64.2 cm³/mol. The fraction of sp³-hybridized carbons (Fsp3) is 0.400. The molecular weight excluding hydrogens is 196 g/mol. The first-order valence-electron chi connectivity index (χ1n) is 5.90. The number of carbonyl (C=O) groups excluding carboxylic acids is 1. The number of allylic oxidation sites excluding steroid dienone is 2. The van der Waals surface area contributed by atoms with Crippen LogP contribution in [0.15, 0.2) is 42.0 Å². The summed E-state index contributed by atoms with van der Waals surface area (Å²) in [6.07, 6.45) is 3.10. The van der Waals surface area contributed by atoms with Gasteiger partial charge in [-0.1, -0.05) is 48.9 Å². The Morgan fingerprint density at radius 1 is 1.31 bits per heavy atom. The molecule has 1 nitrogen and oxygen atoms in total. The van der Waals surface area contributed by atoms with Crippen molar-refractivity contribution in [3.63, 3.8) is 0 Å². The molecule has 2 aliphatic rings. The maximum atomic E-state index is 12.2. The molecule has 0 amide bonds. The van der Waals surface area contributed by atoms with E-state index in [1.54, 1.807) is 0 Å². The van der Waals surface area contributed by atoms with Gasteiger partial charge in [0, 0.05) is 5.41 Å². The number of ketones is 1. The fourth-order valence-corrected chi connectivity index (χ4v) is 2.66. The van der Waals surface area contributed by atoms with Crippen LogP contribution in [0.25, 0.3) is 0 Å². The van der Waals surface area contributed by atoms with Crippen molar-refractivity contribution < 1.29 is 4.79 Å². The van der Waals surface area contributed by atoms with Gasteiger partial charge in [0.05, 0.1) is 5.92 Å². The van der Waals surface area contributed by atoms with Gasteiger partial charge >= 0.3 is 0 Å². The highest BCUT2D eigenvalue weighted by molar-refractivity contribution is 5.97. The lowest BCUT2D eigenvalue weighted by molar-refractivity contribution is -0.124. The van der Waals surface area contributed by atoms with Gasteiger partial charge in [-0.3, -0.25) is 4.79 Å². The molecule has 1 heteroatoms. The maximum absolute atomic E-state index is 12.2. The Labute approximate surface area is 96.2 Å². The molecular formula is C15H16O. The van der Waals surface area contributed by atoms with Crippen LogP contribution >= 0.6 is 0 Å². The summed E-state index contributed by atoms with van der Waals surface area (Å²) >= 11 is 0. The van der Waals surface area contributed by atoms with E-state index in [4.69, 9.17) is 0 Å². The predicted octanol–water partition coefficient (Wildman–Crippen LogP) is 3.33. The summed E-state index contributed by atoms with van der Waals surface area (Å²) in [5.41, 5.74) is 2.47. The van der Waals surface area contributed by atoms with Crippen molar-refractivity contribution >= 4 is 5.78 Å². The second kappa shape index (κ2) is 3.07. The van der Waals surface area contributed by atoms with E-state index in [0.717, 1.165) is 6.42 Å². The normalized spacial score (nSPS) is 35.5. The van der Waals surface area contributed by atoms with E-state index in [0.29, 0.717) is 11.7 Å². The first kappa shape index (κ1) is 9.83. The zero-order valence-electron chi connectivity index (χ0n) is 9.73. The van der Waals surface area contributed by atoms with E-state index in [1.165, 1.54) is 11.1 Å². The summed E-state index contributed by atoms with van der Waals surface area (Å²) in [7, 11) is 0. The first-order valence-corrected chi connectivity index (χ1v) is 5.90. The molecule has 0 bridgehead atoms. The Morgan fingerprint density at radius 2 is 1.94 bits per heavy atom. The lowest BCUT2D eigenvalue weighted by Crippen LogP contribution is -2.17. The third kappa shape index (κ3) is 1.35. The van der Waals surface area contributed by atoms with E-state index < -0.39 is 0 Å². The van der Waals surface area contributed by atoms with Gasteiger partial charge in [-0.05, 0) is 24.8 Å². The van der Waals surface area contributed by atoms with Crippen LogP contribution in [0, 0.1) is 11.3 Å². The van der Waals surface area contributed by atoms with Crippen LogP contribution in [0.5, 0.6) is 0 Å². The van der Waals surface area contributed by atoms with Gasteiger partial charge in [0.2, 0.25) is 0 Å². The summed E-state index contributed by atoms with van der Waals surface area (Å²) in [5.74, 6) is 1.04. The van der Waals surface area contributed by atoms with E-state index in [1.807, 2.05) is 13.0 Å². The van der Waals surface area contributed by atoms with Crippen LogP contribution in [0.3, 0.4) is 0 Å². The average Bonchev–Trinajstić information content (AvgIpc) is 3.18. The second-order valence-corrected chi connectivity index (χ2v) is 5.34. The molecule has 0 aromatic heterocycles. The molecule has 2 aliphatic carbocycles. The highest BCUT2D eigenvalue weighted by atomic mass is 16.1. The van der Waals surface area contributed by atoms with Crippen molar-refractivity contribution in [3.05, 3.63) is 47.5 Å². The topological polar surface area (TPSA) is 17.1 Å². The quantitative estimate of drug-likeness (QED) is 0.702. The van der Waals surface area contributed by atoms with Crippen molar-refractivity contribution in [2.24, 2.45) is 11.3 Å². The summed E-state index contributed by atoms with van der Waals surface area (Å²) in [5, 5.41) is 0. The minimum Gasteiger partial charge on any atom is -0.298 e. The Kier molecular flexibility index (Phi) is 1.88. The first-order chi connectivity index (χ1) is 7.63. The average molecular weight is 212 g/mol. The van der Waals surface area contributed by atoms with Crippen LogP contribution in [0.1, 0.15) is 31.7 Å². The monoisotopic (exact) mass is 212 g/mol. The lowest BCUT2D eigenvalue weighted by Gasteiger charge is -2.10. The van der Waals surface area contributed by atoms with Crippen molar-refractivity contribution in [2.45, 2.75) is 26.2 Å². The standard InChI is InChI=1S/C15H16O/c1-10-8-12(10)14(16)15(2)9-13(15)11-6-4-3-5-7-11/h3-8,12-13H,9H2,1-2H3. The molecule has 3 rings (SSSR count). The summed E-state index contributed by atoms with van der Waals surface area (Å²) in [6.45, 7) is 4.16. The molecule has 0 spiro atoms. The summed E-state index contributed by atoms with van der Waals surface area (Å²) < 4.78 is 0. The molecule has 82 valence electrons. The van der Waals surface area contributed by atoms with Gasteiger partial charge in [0.15, 0.2) is 0 Å². The molecule has 3 atom stereocenters. The maximum Gasteiger partial charge on any atom is 0.150 e. The van der Waals surface area contributed by atoms with Crippen LogP contribution in [-0.4, -0.2) is 5.78 Å². The molecule has 0 aliphatic heterocycles. The Balaban J connectivity index is 1.77. The fourth-order valence-electron chi connectivity index (χ4n) is 2.66. The third-order valence-electron chi connectivity index (χ3n) is 4.10. The van der Waals surface area contributed by atoms with Gasteiger partial charge in [-0.2, -0.15) is 0 Å². The van der Waals surface area contributed by atoms with Crippen LogP contribution in [0.4, 0.5) is 0 Å². The van der Waals surface area contributed by atoms with Crippen LogP contribution < -0.4 is 0 Å². The lowest BCUT2D eigenvalue weighted by atomic mass is 9.92. The third-order valence-corrected chi connectivity index (χ3v) is 4.10. The minimum atomic E-state index is -0.0969.